The summed E-state index contributed by atoms with van der Waals surface area (Å²) in [5.41, 5.74) is 18.3. The quantitative estimate of drug-likeness (QED) is 0.0274. The van der Waals surface area contributed by atoms with Crippen LogP contribution >= 0.6 is 11.8 Å². The third-order valence-corrected chi connectivity index (χ3v) is 19.6. The van der Waals surface area contributed by atoms with E-state index in [9.17, 15) is 127 Å². The van der Waals surface area contributed by atoms with Crippen molar-refractivity contribution in [3.63, 3.8) is 0 Å². The van der Waals surface area contributed by atoms with Crippen LogP contribution in [0.2, 0.25) is 0 Å². The van der Waals surface area contributed by atoms with E-state index in [4.69, 9.17) is 17.2 Å². The number of aliphatic carboxylic acids is 2. The van der Waals surface area contributed by atoms with Crippen molar-refractivity contribution in [3.05, 3.63) is 65.7 Å². The van der Waals surface area contributed by atoms with E-state index in [0.717, 1.165) is 18.7 Å². The lowest BCUT2D eigenvalue weighted by atomic mass is 9.99. The van der Waals surface area contributed by atoms with Crippen LogP contribution in [0.4, 0.5) is 0 Å². The Balaban J connectivity index is 1.79. The fraction of sp³-hybridized carbons (Fsp3) is 0.605. The molecule has 1 fully saturated rings. The number of aromatic hydroxyl groups is 1. The fourth-order valence-corrected chi connectivity index (χ4v) is 12.7. The Morgan fingerprint density at radius 2 is 0.926 bits per heavy atom. The number of carbonyl (C=O) groups is 18. The van der Waals surface area contributed by atoms with E-state index in [0.29, 0.717) is 11.1 Å². The van der Waals surface area contributed by atoms with Crippen LogP contribution in [0.3, 0.4) is 0 Å². The molecule has 121 heavy (non-hydrogen) atoms. The number of thioether (sulfide) groups is 1. The SMILES string of the molecule is CSCC[C@H](NC(=O)[C@H](Cc1ccccc1)NC(=O)CNC(=O)CNC(=O)[C@@H](N)Cc1ccc(O)cc1)C(=O)N[C@@H](CO)C(=O)N[C@@H](CO)C(=O)N[C@@H](CCC(=O)O)C(=O)N[C@@H](CCCCN)C(=O)N[C@@H](CO)C(=O)N[C@@H](CCC(N)=O)C(=O)N[C@H](C(=O)N1CCC[C@H]1C(=O)N[C@@H](CC(C)C)C(=O)N[C@H](C(=O)N[C@H](C(=O)O)[C@@H](C)O)C(C)C)[C@@H](C)O. The number of nitrogens with zero attached hydrogens (tertiary/aromatic N) is 1. The Hall–Kier alpha value is -11.2. The average molecular weight is 1730 g/mol. The highest BCUT2D eigenvalue weighted by molar-refractivity contribution is 7.98. The van der Waals surface area contributed by atoms with Crippen molar-refractivity contribution in [3.8, 4) is 5.75 Å². The number of hydrogen-bond donors (Lipinski definition) is 25. The summed E-state index contributed by atoms with van der Waals surface area (Å²) in [5, 5.41) is 114. The Kier molecular flexibility index (Phi) is 45.9. The smallest absolute Gasteiger partial charge is 0.328 e. The van der Waals surface area contributed by atoms with E-state index < -0.39 is 268 Å². The molecule has 45 heteroatoms. The van der Waals surface area contributed by atoms with Crippen molar-refractivity contribution >= 4 is 118 Å². The molecule has 0 radical (unpaired) electrons. The van der Waals surface area contributed by atoms with Crippen LogP contribution in [0, 0.1) is 11.8 Å². The molecule has 16 amide bonds. The van der Waals surface area contributed by atoms with Gasteiger partial charge in [-0.05, 0) is 132 Å². The fourth-order valence-electron chi connectivity index (χ4n) is 12.2. The Morgan fingerprint density at radius 3 is 1.40 bits per heavy atom. The second kappa shape index (κ2) is 53.4. The van der Waals surface area contributed by atoms with Crippen molar-refractivity contribution in [1.29, 1.82) is 0 Å². The van der Waals surface area contributed by atoms with Gasteiger partial charge in [0.2, 0.25) is 94.5 Å². The molecule has 44 nitrogen and oxygen atoms in total. The number of rotatable bonds is 55. The zero-order chi connectivity index (χ0) is 90.9. The highest BCUT2D eigenvalue weighted by atomic mass is 32.2. The van der Waals surface area contributed by atoms with Crippen molar-refractivity contribution in [2.24, 2.45) is 29.0 Å². The molecular formula is C76H118N18O26S. The van der Waals surface area contributed by atoms with Gasteiger partial charge in [0.1, 0.15) is 78.3 Å². The lowest BCUT2D eigenvalue weighted by molar-refractivity contribution is -0.145. The van der Waals surface area contributed by atoms with Gasteiger partial charge in [0, 0.05) is 25.8 Å². The molecule has 0 aromatic heterocycles. The number of phenols is 1. The number of primary amides is 1. The van der Waals surface area contributed by atoms with E-state index in [1.807, 2.05) is 0 Å². The third-order valence-electron chi connectivity index (χ3n) is 18.9. The number of nitrogens with one attached hydrogen (secondary N) is 14. The number of likely N-dealkylation sites (tertiary alicyclic amines) is 1. The van der Waals surface area contributed by atoms with Crippen molar-refractivity contribution in [2.75, 3.05) is 58.0 Å². The van der Waals surface area contributed by atoms with Gasteiger partial charge in [-0.15, -0.1) is 0 Å². The minimum atomic E-state index is -2.04. The molecular weight excluding hydrogens is 1610 g/mol. The second-order valence-corrected chi connectivity index (χ2v) is 30.6. The number of unbranched alkanes of at least 4 members (excludes halogenated alkanes) is 1. The van der Waals surface area contributed by atoms with Gasteiger partial charge in [-0.3, -0.25) is 81.5 Å². The van der Waals surface area contributed by atoms with Crippen molar-refractivity contribution in [1.82, 2.24) is 79.3 Å². The first-order valence-electron chi connectivity index (χ1n) is 39.3. The summed E-state index contributed by atoms with van der Waals surface area (Å²) in [6, 6.07) is -8.94. The molecule has 2 aromatic carbocycles. The molecule has 16 atom stereocenters. The number of carboxylic acid groups (broad SMARTS) is 2. The average Bonchev–Trinajstić information content (AvgIpc) is 1.71. The van der Waals surface area contributed by atoms with Gasteiger partial charge in [0.25, 0.3) is 0 Å². The molecule has 1 saturated heterocycles. The summed E-state index contributed by atoms with van der Waals surface area (Å²) in [5.74, 6) is -20.6. The number of carbonyl (C=O) groups excluding carboxylic acids is 16. The van der Waals surface area contributed by atoms with Gasteiger partial charge >= 0.3 is 11.9 Å². The second-order valence-electron chi connectivity index (χ2n) is 29.7. The van der Waals surface area contributed by atoms with E-state index in [-0.39, 0.29) is 88.3 Å². The van der Waals surface area contributed by atoms with Gasteiger partial charge in [0.05, 0.1) is 51.2 Å². The molecule has 674 valence electrons. The number of benzene rings is 2. The summed E-state index contributed by atoms with van der Waals surface area (Å²) in [6.07, 6.45) is -4.45. The standard InChI is InChI=1S/C76H118N18O26S/c1-38(2)30-50(69(112)91-60(39(3)4)74(117)93-62(41(6)99)76(119)120)87-73(116)55-17-13-28-94(55)75(118)61(40(5)98)92-67(110)47(22-24-56(79)101)84-70(113)52(35-95)88-64(107)46(16-11-12-27-77)83-65(108)48(23-25-59(104)105)85-71(114)53(36-96)90-72(115)54(37-97)89-66(109)49(26-29-121-7)86-68(111)51(32-42-14-9-8-10-15-42)82-58(103)34-80-57(102)33-81-63(106)45(78)31-43-18-20-44(100)21-19-43/h8-10,14-15,18-21,38-41,45-55,60-62,95-100H,11-13,16-17,22-37,77-78H2,1-7H3,(H2,79,101)(H,80,102)(H,81,106)(H,82,103)(H,83,108)(H,84,113)(H,85,114)(H,86,111)(H,87,116)(H,88,107)(H,89,109)(H,90,115)(H,91,112)(H,92,110)(H,93,117)(H,104,105)(H,119,120)/t40-,41-,45+,46+,47+,48+,49+,50+,51+,52+,53+,54+,55+,60+,61+,62+/m1/s1. The van der Waals surface area contributed by atoms with Gasteiger partial charge in [-0.2, -0.15) is 11.8 Å². The minimum absolute atomic E-state index is 0.00323. The van der Waals surface area contributed by atoms with Crippen molar-refractivity contribution in [2.45, 2.75) is 222 Å². The van der Waals surface area contributed by atoms with Crippen LogP contribution in [0.25, 0.3) is 0 Å². The number of hydrogen-bond acceptors (Lipinski definition) is 27. The predicted molar refractivity (Wildman–Crippen MR) is 432 cm³/mol. The molecule has 0 aliphatic carbocycles. The topological polar surface area (TPSA) is 719 Å². The van der Waals surface area contributed by atoms with E-state index >= 15 is 0 Å². The summed E-state index contributed by atoms with van der Waals surface area (Å²) in [7, 11) is 0. The number of phenolic OH excluding ortho intramolecular Hbond substituents is 1. The molecule has 0 spiro atoms. The first kappa shape index (κ1) is 104. The molecule has 0 unspecified atom stereocenters. The molecule has 0 saturated carbocycles. The largest absolute Gasteiger partial charge is 0.508 e. The number of carboxylic acids is 2. The number of aliphatic hydroxyl groups is 5. The normalized spacial score (nSPS) is 16.2. The molecule has 1 aliphatic heterocycles. The van der Waals surface area contributed by atoms with Crippen LogP contribution in [0.5, 0.6) is 5.75 Å². The molecule has 1 aliphatic rings. The maximum absolute atomic E-state index is 14.4. The summed E-state index contributed by atoms with van der Waals surface area (Å²) >= 11 is 1.24. The maximum Gasteiger partial charge on any atom is 0.328 e. The Bertz CT molecular complexity index is 3850. The minimum Gasteiger partial charge on any atom is -0.508 e. The zero-order valence-electron chi connectivity index (χ0n) is 68.5. The Labute approximate surface area is 702 Å². The number of aliphatic hydroxyl groups excluding tert-OH is 5. The molecule has 28 N–H and O–H groups in total. The molecule has 3 rings (SSSR count). The highest BCUT2D eigenvalue weighted by Gasteiger charge is 2.43. The van der Waals surface area contributed by atoms with Crippen LogP contribution in [0.1, 0.15) is 123 Å². The number of nitrogens with two attached hydrogens (primary N) is 3. The molecule has 0 bridgehead atoms. The Morgan fingerprint density at radius 1 is 0.479 bits per heavy atom. The maximum atomic E-state index is 14.4. The van der Waals surface area contributed by atoms with E-state index in [2.05, 4.69) is 74.4 Å². The molecule has 2 aromatic rings. The lowest BCUT2D eigenvalue weighted by Crippen LogP contribution is -2.62. The van der Waals surface area contributed by atoms with Crippen LogP contribution in [-0.2, 0) is 99.1 Å². The third kappa shape index (κ3) is 36.7. The summed E-state index contributed by atoms with van der Waals surface area (Å²) in [4.78, 5) is 244. The first-order valence-corrected chi connectivity index (χ1v) is 40.7. The van der Waals surface area contributed by atoms with E-state index in [1.165, 1.54) is 23.9 Å². The summed E-state index contributed by atoms with van der Waals surface area (Å²) < 4.78 is 0. The monoisotopic (exact) mass is 1730 g/mol. The first-order chi connectivity index (χ1) is 57.1. The molecule has 1 heterocycles. The van der Waals surface area contributed by atoms with Gasteiger partial charge in [-0.25, -0.2) is 4.79 Å². The highest BCUT2D eigenvalue weighted by Crippen LogP contribution is 2.22. The van der Waals surface area contributed by atoms with Gasteiger partial charge in [-0.1, -0.05) is 70.2 Å². The lowest BCUT2D eigenvalue weighted by Gasteiger charge is -2.32. The summed E-state index contributed by atoms with van der Waals surface area (Å²) in [6.45, 7) is 3.77. The van der Waals surface area contributed by atoms with Crippen LogP contribution in [-0.4, -0.2) is 307 Å². The van der Waals surface area contributed by atoms with Crippen molar-refractivity contribution < 1.29 is 127 Å². The van der Waals surface area contributed by atoms with E-state index in [1.54, 1.807) is 76.4 Å². The van der Waals surface area contributed by atoms with Gasteiger partial charge < -0.3 is 137 Å². The number of amides is 16. The predicted octanol–water partition coefficient (Wildman–Crippen LogP) is -8.92. The van der Waals surface area contributed by atoms with Crippen LogP contribution in [0.15, 0.2) is 54.6 Å². The van der Waals surface area contributed by atoms with Crippen LogP contribution < -0.4 is 91.6 Å². The zero-order valence-corrected chi connectivity index (χ0v) is 69.3. The van der Waals surface area contributed by atoms with Gasteiger partial charge in [0.15, 0.2) is 6.04 Å².